The normalized spacial score (nSPS) is 9.00. The maximum absolute atomic E-state index is 4.91. The summed E-state index contributed by atoms with van der Waals surface area (Å²) in [5, 5.41) is 0. The summed E-state index contributed by atoms with van der Waals surface area (Å²) in [6, 6.07) is 3.52. The minimum atomic E-state index is 0.407. The molecule has 1 aromatic rings. The van der Waals surface area contributed by atoms with Crippen LogP contribution in [0, 0.1) is 7.11 Å². The minimum Gasteiger partial charge on any atom is -0.491 e. The summed E-state index contributed by atoms with van der Waals surface area (Å²) in [5.74, 6) is 1.00. The zero-order valence-electron chi connectivity index (χ0n) is 5.70. The fourth-order valence-electron chi connectivity index (χ4n) is 0.640. The molecule has 1 aromatic heterocycles. The summed E-state index contributed by atoms with van der Waals surface area (Å²) in [4.78, 5) is 3.86. The molecule has 10 heavy (non-hydrogen) atoms. The minimum absolute atomic E-state index is 0.407. The third-order valence-corrected chi connectivity index (χ3v) is 1.09. The molecule has 0 N–H and O–H groups in total. The number of hydrogen-bond acceptors (Lipinski definition) is 3. The highest BCUT2D eigenvalue weighted by atomic mass is 16.5. The van der Waals surface area contributed by atoms with Crippen LogP contribution in [0.5, 0.6) is 11.6 Å². The number of aromatic nitrogens is 1. The molecule has 0 aliphatic rings. The smallest absolute Gasteiger partial charge is 0.257 e. The van der Waals surface area contributed by atoms with Crippen LogP contribution in [0.4, 0.5) is 0 Å². The Kier molecular flexibility index (Phi) is 2.10. The Balaban J connectivity index is 2.96. The summed E-state index contributed by atoms with van der Waals surface area (Å²) in [6.07, 6.45) is 1.61. The molecule has 1 rings (SSSR count). The van der Waals surface area contributed by atoms with Gasteiger partial charge < -0.3 is 9.47 Å². The Hall–Kier alpha value is -1.25. The van der Waals surface area contributed by atoms with Crippen LogP contribution in [0.15, 0.2) is 18.3 Å². The first-order chi connectivity index (χ1) is 4.88. The molecule has 0 amide bonds. The topological polar surface area (TPSA) is 31.4 Å². The van der Waals surface area contributed by atoms with Gasteiger partial charge in [-0.25, -0.2) is 4.98 Å². The highest BCUT2D eigenvalue weighted by Crippen LogP contribution is 2.21. The summed E-state index contributed by atoms with van der Waals surface area (Å²) >= 11 is 0. The van der Waals surface area contributed by atoms with Crippen LogP contribution in [-0.4, -0.2) is 12.1 Å². The van der Waals surface area contributed by atoms with Gasteiger partial charge in [0.2, 0.25) is 0 Å². The number of hydrogen-bond donors (Lipinski definition) is 0. The number of nitrogens with zero attached hydrogens (tertiary/aromatic N) is 1. The fourth-order valence-corrected chi connectivity index (χ4v) is 0.640. The standard InChI is InChI=1S/C7H8NO2/c1-9-6-4-3-5-8-7(6)10-2/h3-5H,2H2,1H3. The molecule has 1 heterocycles. The molecule has 53 valence electrons. The highest BCUT2D eigenvalue weighted by Gasteiger charge is 1.99. The maximum Gasteiger partial charge on any atom is 0.257 e. The van der Waals surface area contributed by atoms with Crippen molar-refractivity contribution in [2.45, 2.75) is 0 Å². The predicted molar refractivity (Wildman–Crippen MR) is 36.8 cm³/mol. The molecule has 0 aliphatic carbocycles. The second-order valence-corrected chi connectivity index (χ2v) is 1.66. The third-order valence-electron chi connectivity index (χ3n) is 1.09. The third kappa shape index (κ3) is 1.18. The molecule has 3 nitrogen and oxygen atoms in total. The molecule has 0 spiro atoms. The first-order valence-electron chi connectivity index (χ1n) is 2.79. The van der Waals surface area contributed by atoms with Crippen LogP contribution in [0.25, 0.3) is 0 Å². The van der Waals surface area contributed by atoms with E-state index in [1.807, 2.05) is 0 Å². The Bertz CT molecular complexity index is 190. The van der Waals surface area contributed by atoms with Gasteiger partial charge in [-0.05, 0) is 12.1 Å². The number of methoxy groups -OCH3 is 1. The van der Waals surface area contributed by atoms with Gasteiger partial charge in [-0.2, -0.15) is 0 Å². The van der Waals surface area contributed by atoms with E-state index in [1.165, 1.54) is 0 Å². The Labute approximate surface area is 59.6 Å². The lowest BCUT2D eigenvalue weighted by atomic mass is 10.4. The molecule has 0 saturated carbocycles. The summed E-state index contributed by atoms with van der Waals surface area (Å²) in [6.45, 7) is 0. The molecular formula is C7H8NO2. The lowest BCUT2D eigenvalue weighted by Gasteiger charge is -2.02. The molecule has 0 bridgehead atoms. The van der Waals surface area contributed by atoms with Crippen molar-refractivity contribution in [1.82, 2.24) is 4.98 Å². The zero-order chi connectivity index (χ0) is 7.40. The fraction of sp³-hybridized carbons (Fsp3) is 0.143. The monoisotopic (exact) mass is 138 g/mol. The van der Waals surface area contributed by atoms with Gasteiger partial charge in [-0.1, -0.05) is 0 Å². The van der Waals surface area contributed by atoms with Crippen molar-refractivity contribution in [1.29, 1.82) is 0 Å². The first-order valence-corrected chi connectivity index (χ1v) is 2.79. The Morgan fingerprint density at radius 1 is 1.60 bits per heavy atom. The first kappa shape index (κ1) is 6.86. The zero-order valence-corrected chi connectivity index (χ0v) is 5.70. The van der Waals surface area contributed by atoms with Crippen molar-refractivity contribution >= 4 is 0 Å². The van der Waals surface area contributed by atoms with Gasteiger partial charge in [0.15, 0.2) is 5.75 Å². The second-order valence-electron chi connectivity index (χ2n) is 1.66. The van der Waals surface area contributed by atoms with E-state index in [0.717, 1.165) is 0 Å². The van der Waals surface area contributed by atoms with Crippen molar-refractivity contribution < 1.29 is 9.47 Å². The summed E-state index contributed by atoms with van der Waals surface area (Å²) in [5.41, 5.74) is 0. The lowest BCUT2D eigenvalue weighted by Crippen LogP contribution is -1.89. The number of ether oxygens (including phenoxy) is 2. The van der Waals surface area contributed by atoms with Gasteiger partial charge >= 0.3 is 0 Å². The van der Waals surface area contributed by atoms with E-state index >= 15 is 0 Å². The maximum atomic E-state index is 4.91. The average Bonchev–Trinajstić information content (AvgIpc) is 2.04. The quantitative estimate of drug-likeness (QED) is 0.616. The second kappa shape index (κ2) is 3.06. The average molecular weight is 138 g/mol. The van der Waals surface area contributed by atoms with Gasteiger partial charge in [0.25, 0.3) is 5.88 Å². The molecule has 0 fully saturated rings. The van der Waals surface area contributed by atoms with E-state index in [4.69, 9.17) is 4.74 Å². The Morgan fingerprint density at radius 3 is 2.90 bits per heavy atom. The number of rotatable bonds is 2. The molecular weight excluding hydrogens is 130 g/mol. The van der Waals surface area contributed by atoms with E-state index in [2.05, 4.69) is 16.8 Å². The molecule has 0 unspecified atom stereocenters. The van der Waals surface area contributed by atoms with Gasteiger partial charge in [-0.3, -0.25) is 0 Å². The van der Waals surface area contributed by atoms with Crippen LogP contribution < -0.4 is 9.47 Å². The number of pyridine rings is 1. The van der Waals surface area contributed by atoms with E-state index in [1.54, 1.807) is 25.4 Å². The molecule has 0 atom stereocenters. The molecule has 0 aromatic carbocycles. The SMILES string of the molecule is [CH2]Oc1ncccc1OC. The van der Waals surface area contributed by atoms with Crippen molar-refractivity contribution in [3.05, 3.63) is 25.4 Å². The van der Waals surface area contributed by atoms with E-state index in [-0.39, 0.29) is 0 Å². The molecule has 3 heteroatoms. The van der Waals surface area contributed by atoms with Gasteiger partial charge in [0.1, 0.15) is 7.11 Å². The van der Waals surface area contributed by atoms with Gasteiger partial charge in [0.05, 0.1) is 7.11 Å². The van der Waals surface area contributed by atoms with E-state index in [0.29, 0.717) is 11.6 Å². The predicted octanol–water partition coefficient (Wildman–Crippen LogP) is 1.26. The Morgan fingerprint density at radius 2 is 2.40 bits per heavy atom. The van der Waals surface area contributed by atoms with Crippen molar-refractivity contribution in [3.63, 3.8) is 0 Å². The van der Waals surface area contributed by atoms with E-state index in [9.17, 15) is 0 Å². The highest BCUT2D eigenvalue weighted by molar-refractivity contribution is 5.32. The summed E-state index contributed by atoms with van der Waals surface area (Å²) < 4.78 is 9.56. The molecule has 0 aliphatic heterocycles. The van der Waals surface area contributed by atoms with Gasteiger partial charge in [-0.15, -0.1) is 0 Å². The van der Waals surface area contributed by atoms with Crippen molar-refractivity contribution in [2.24, 2.45) is 0 Å². The van der Waals surface area contributed by atoms with Gasteiger partial charge in [0, 0.05) is 6.20 Å². The molecule has 1 radical (unpaired) electrons. The van der Waals surface area contributed by atoms with Crippen LogP contribution in [-0.2, 0) is 0 Å². The van der Waals surface area contributed by atoms with Crippen LogP contribution >= 0.6 is 0 Å². The molecule has 0 saturated heterocycles. The van der Waals surface area contributed by atoms with Crippen LogP contribution in [0.2, 0.25) is 0 Å². The van der Waals surface area contributed by atoms with Crippen LogP contribution in [0.1, 0.15) is 0 Å². The largest absolute Gasteiger partial charge is 0.491 e. The van der Waals surface area contributed by atoms with E-state index < -0.39 is 0 Å². The van der Waals surface area contributed by atoms with Crippen molar-refractivity contribution in [2.75, 3.05) is 7.11 Å². The lowest BCUT2D eigenvalue weighted by molar-refractivity contribution is 0.366. The van der Waals surface area contributed by atoms with Crippen LogP contribution in [0.3, 0.4) is 0 Å². The van der Waals surface area contributed by atoms with Crippen molar-refractivity contribution in [3.8, 4) is 11.6 Å². The summed E-state index contributed by atoms with van der Waals surface area (Å²) in [7, 11) is 4.78.